The van der Waals surface area contributed by atoms with Gasteiger partial charge in [-0.05, 0) is 39.5 Å². The smallest absolute Gasteiger partial charge is 0.329 e. The van der Waals surface area contributed by atoms with Gasteiger partial charge in [0.1, 0.15) is 5.54 Å². The van der Waals surface area contributed by atoms with Gasteiger partial charge in [0, 0.05) is 13.2 Å². The van der Waals surface area contributed by atoms with Crippen molar-refractivity contribution in [2.75, 3.05) is 13.2 Å². The normalized spacial score (nSPS) is 19.7. The van der Waals surface area contributed by atoms with Crippen LogP contribution in [0.2, 0.25) is 0 Å². The molecule has 0 radical (unpaired) electrons. The highest BCUT2D eigenvalue weighted by molar-refractivity contribution is 5.86. The van der Waals surface area contributed by atoms with E-state index in [0.717, 1.165) is 12.8 Å². The molecule has 0 aromatic rings. The molecule has 0 aromatic heterocycles. The summed E-state index contributed by atoms with van der Waals surface area (Å²) in [4.78, 5) is 22.9. The number of amides is 2. The van der Waals surface area contributed by atoms with Gasteiger partial charge in [0.05, 0.1) is 6.10 Å². The summed E-state index contributed by atoms with van der Waals surface area (Å²) in [7, 11) is 0. The molecule has 1 saturated carbocycles. The summed E-state index contributed by atoms with van der Waals surface area (Å²) in [5.74, 6) is -0.955. The molecule has 0 heterocycles. The second-order valence-electron chi connectivity index (χ2n) is 4.88. The van der Waals surface area contributed by atoms with Crippen LogP contribution in [-0.4, -0.2) is 41.9 Å². The molecule has 0 spiro atoms. The van der Waals surface area contributed by atoms with Gasteiger partial charge in [-0.25, -0.2) is 9.59 Å². The standard InChI is InChI=1S/C12H22N2O4/c1-4-18-8(2)7-13-11(17)14-12(3,10(15)16)9-5-6-9/h8-9H,4-7H2,1-3H3,(H,15,16)(H2,13,14,17). The molecule has 0 aromatic carbocycles. The monoisotopic (exact) mass is 258 g/mol. The molecule has 0 bridgehead atoms. The molecule has 1 fully saturated rings. The number of nitrogens with one attached hydrogen (secondary N) is 2. The molecule has 6 heteroatoms. The largest absolute Gasteiger partial charge is 0.480 e. The first-order chi connectivity index (χ1) is 8.40. The number of carboxylic acids is 1. The Morgan fingerprint density at radius 2 is 2.11 bits per heavy atom. The first-order valence-corrected chi connectivity index (χ1v) is 6.31. The van der Waals surface area contributed by atoms with E-state index < -0.39 is 17.5 Å². The SMILES string of the molecule is CCOC(C)CNC(=O)NC(C)(C(=O)O)C1CC1. The van der Waals surface area contributed by atoms with Crippen molar-refractivity contribution >= 4 is 12.0 Å². The number of carbonyl (C=O) groups is 2. The molecule has 104 valence electrons. The van der Waals surface area contributed by atoms with Gasteiger partial charge in [0.2, 0.25) is 0 Å². The third kappa shape index (κ3) is 3.87. The van der Waals surface area contributed by atoms with Gasteiger partial charge < -0.3 is 20.5 Å². The van der Waals surface area contributed by atoms with Crippen molar-refractivity contribution in [3.63, 3.8) is 0 Å². The maximum atomic E-state index is 11.7. The molecule has 2 atom stereocenters. The van der Waals surface area contributed by atoms with E-state index in [1.165, 1.54) is 0 Å². The number of rotatable bonds is 7. The van der Waals surface area contributed by atoms with Crippen molar-refractivity contribution in [3.8, 4) is 0 Å². The van der Waals surface area contributed by atoms with E-state index in [4.69, 9.17) is 4.74 Å². The minimum absolute atomic E-state index is 0.0325. The van der Waals surface area contributed by atoms with Crippen LogP contribution < -0.4 is 10.6 Å². The number of carbonyl (C=O) groups excluding carboxylic acids is 1. The Bertz CT molecular complexity index is 317. The molecule has 3 N–H and O–H groups in total. The average Bonchev–Trinajstić information content (AvgIpc) is 3.10. The molecule has 1 rings (SSSR count). The molecule has 2 amide bonds. The molecular weight excluding hydrogens is 236 g/mol. The van der Waals surface area contributed by atoms with Crippen LogP contribution in [0.15, 0.2) is 0 Å². The summed E-state index contributed by atoms with van der Waals surface area (Å²) in [6.07, 6.45) is 1.61. The molecule has 0 saturated heterocycles. The Hall–Kier alpha value is -1.30. The van der Waals surface area contributed by atoms with Gasteiger partial charge in [-0.2, -0.15) is 0 Å². The van der Waals surface area contributed by atoms with Gasteiger partial charge >= 0.3 is 12.0 Å². The predicted octanol–water partition coefficient (Wildman–Crippen LogP) is 0.964. The molecule has 1 aliphatic carbocycles. The number of aliphatic carboxylic acids is 1. The van der Waals surface area contributed by atoms with Crippen LogP contribution in [0.1, 0.15) is 33.6 Å². The highest BCUT2D eigenvalue weighted by Gasteiger charge is 2.48. The van der Waals surface area contributed by atoms with Crippen LogP contribution >= 0.6 is 0 Å². The summed E-state index contributed by atoms with van der Waals surface area (Å²) in [5, 5.41) is 14.4. The van der Waals surface area contributed by atoms with Crippen LogP contribution in [0, 0.1) is 5.92 Å². The van der Waals surface area contributed by atoms with E-state index in [1.54, 1.807) is 6.92 Å². The second kappa shape index (κ2) is 6.04. The quantitative estimate of drug-likeness (QED) is 0.635. The topological polar surface area (TPSA) is 87.7 Å². The Morgan fingerprint density at radius 1 is 1.50 bits per heavy atom. The van der Waals surface area contributed by atoms with Crippen molar-refractivity contribution in [1.29, 1.82) is 0 Å². The van der Waals surface area contributed by atoms with Crippen LogP contribution in [0.25, 0.3) is 0 Å². The Kier molecular flexibility index (Phi) is 4.95. The maximum Gasteiger partial charge on any atom is 0.329 e. The van der Waals surface area contributed by atoms with Crippen molar-refractivity contribution in [1.82, 2.24) is 10.6 Å². The van der Waals surface area contributed by atoms with Gasteiger partial charge in [0.25, 0.3) is 0 Å². The first-order valence-electron chi connectivity index (χ1n) is 6.31. The molecular formula is C12H22N2O4. The highest BCUT2D eigenvalue weighted by Crippen LogP contribution is 2.39. The van der Waals surface area contributed by atoms with Gasteiger partial charge in [-0.15, -0.1) is 0 Å². The van der Waals surface area contributed by atoms with Crippen molar-refractivity contribution in [2.45, 2.75) is 45.3 Å². The number of carboxylic acid groups (broad SMARTS) is 1. The van der Waals surface area contributed by atoms with Gasteiger partial charge in [0.15, 0.2) is 0 Å². The fourth-order valence-electron chi connectivity index (χ4n) is 1.85. The lowest BCUT2D eigenvalue weighted by Gasteiger charge is -2.26. The zero-order chi connectivity index (χ0) is 13.8. The number of ether oxygens (including phenoxy) is 1. The molecule has 0 aliphatic heterocycles. The fourth-order valence-corrected chi connectivity index (χ4v) is 1.85. The van der Waals surface area contributed by atoms with Gasteiger partial charge in [-0.1, -0.05) is 0 Å². The number of hydrogen-bond acceptors (Lipinski definition) is 3. The van der Waals surface area contributed by atoms with Crippen molar-refractivity contribution in [3.05, 3.63) is 0 Å². The zero-order valence-electron chi connectivity index (χ0n) is 11.2. The van der Waals surface area contributed by atoms with E-state index in [2.05, 4.69) is 10.6 Å². The molecule has 18 heavy (non-hydrogen) atoms. The Labute approximate surface area is 107 Å². The van der Waals surface area contributed by atoms with Crippen LogP contribution in [0.5, 0.6) is 0 Å². The second-order valence-corrected chi connectivity index (χ2v) is 4.88. The summed E-state index contributed by atoms with van der Waals surface area (Å²) in [5.41, 5.74) is -1.17. The molecule has 2 unspecified atom stereocenters. The number of hydrogen-bond donors (Lipinski definition) is 3. The third-order valence-corrected chi connectivity index (χ3v) is 3.21. The Morgan fingerprint density at radius 3 is 2.56 bits per heavy atom. The average molecular weight is 258 g/mol. The minimum Gasteiger partial charge on any atom is -0.480 e. The fraction of sp³-hybridized carbons (Fsp3) is 0.833. The summed E-state index contributed by atoms with van der Waals surface area (Å²) in [6.45, 7) is 6.23. The van der Waals surface area contributed by atoms with E-state index in [-0.39, 0.29) is 12.0 Å². The summed E-state index contributed by atoms with van der Waals surface area (Å²) >= 11 is 0. The lowest BCUT2D eigenvalue weighted by atomic mass is 9.96. The molecule has 1 aliphatic rings. The highest BCUT2D eigenvalue weighted by atomic mass is 16.5. The van der Waals surface area contributed by atoms with Crippen molar-refractivity contribution in [2.24, 2.45) is 5.92 Å². The van der Waals surface area contributed by atoms with E-state index in [9.17, 15) is 14.7 Å². The van der Waals surface area contributed by atoms with E-state index in [1.807, 2.05) is 13.8 Å². The van der Waals surface area contributed by atoms with Crippen LogP contribution in [-0.2, 0) is 9.53 Å². The van der Waals surface area contributed by atoms with Crippen LogP contribution in [0.4, 0.5) is 4.79 Å². The summed E-state index contributed by atoms with van der Waals surface area (Å²) in [6, 6.07) is -0.460. The van der Waals surface area contributed by atoms with E-state index in [0.29, 0.717) is 13.2 Å². The third-order valence-electron chi connectivity index (χ3n) is 3.21. The van der Waals surface area contributed by atoms with Crippen LogP contribution in [0.3, 0.4) is 0 Å². The van der Waals surface area contributed by atoms with Crippen molar-refractivity contribution < 1.29 is 19.4 Å². The van der Waals surface area contributed by atoms with Gasteiger partial charge in [-0.3, -0.25) is 0 Å². The summed E-state index contributed by atoms with van der Waals surface area (Å²) < 4.78 is 5.27. The van der Waals surface area contributed by atoms with E-state index >= 15 is 0 Å². The number of urea groups is 1. The minimum atomic E-state index is -1.17. The molecule has 6 nitrogen and oxygen atoms in total. The zero-order valence-corrected chi connectivity index (χ0v) is 11.2. The lowest BCUT2D eigenvalue weighted by Crippen LogP contribution is -2.57. The maximum absolute atomic E-state index is 11.7. The predicted molar refractivity (Wildman–Crippen MR) is 66.4 cm³/mol. The first kappa shape index (κ1) is 14.8. The lowest BCUT2D eigenvalue weighted by molar-refractivity contribution is -0.144. The Balaban J connectivity index is 2.40.